The Labute approximate surface area is 96.3 Å². The molecule has 16 heavy (non-hydrogen) atoms. The van der Waals surface area contributed by atoms with Crippen molar-refractivity contribution < 1.29 is 0 Å². The lowest BCUT2D eigenvalue weighted by molar-refractivity contribution is 0.244. The van der Waals surface area contributed by atoms with Gasteiger partial charge in [-0.05, 0) is 19.5 Å². The SMILES string of the molecule is Cc1cnc(NCC2CN(C)CCN2)nc1. The fourth-order valence-electron chi connectivity index (χ4n) is 1.83. The molecule has 0 radical (unpaired) electrons. The Kier molecular flexibility index (Phi) is 3.69. The van der Waals surface area contributed by atoms with Gasteiger partial charge in [0.25, 0.3) is 0 Å². The van der Waals surface area contributed by atoms with Gasteiger partial charge >= 0.3 is 0 Å². The fourth-order valence-corrected chi connectivity index (χ4v) is 1.83. The molecule has 0 bridgehead atoms. The normalized spacial score (nSPS) is 22.0. The predicted molar refractivity (Wildman–Crippen MR) is 64.5 cm³/mol. The largest absolute Gasteiger partial charge is 0.353 e. The van der Waals surface area contributed by atoms with E-state index in [1.165, 1.54) is 0 Å². The number of nitrogens with zero attached hydrogens (tertiary/aromatic N) is 3. The number of nitrogens with one attached hydrogen (secondary N) is 2. The van der Waals surface area contributed by atoms with Crippen LogP contribution in [0.2, 0.25) is 0 Å². The molecule has 1 aromatic rings. The number of rotatable bonds is 3. The lowest BCUT2D eigenvalue weighted by Gasteiger charge is -2.30. The summed E-state index contributed by atoms with van der Waals surface area (Å²) in [7, 11) is 2.15. The second-order valence-corrected chi connectivity index (χ2v) is 4.38. The van der Waals surface area contributed by atoms with Gasteiger partial charge in [-0.15, -0.1) is 0 Å². The first kappa shape index (κ1) is 11.3. The molecule has 1 atom stereocenters. The molecule has 0 amide bonds. The van der Waals surface area contributed by atoms with E-state index < -0.39 is 0 Å². The van der Waals surface area contributed by atoms with Crippen LogP contribution in [0.15, 0.2) is 12.4 Å². The monoisotopic (exact) mass is 221 g/mol. The van der Waals surface area contributed by atoms with Crippen LogP contribution in [0.3, 0.4) is 0 Å². The van der Waals surface area contributed by atoms with Crippen molar-refractivity contribution in [3.05, 3.63) is 18.0 Å². The van der Waals surface area contributed by atoms with Gasteiger partial charge in [0.2, 0.25) is 5.95 Å². The fraction of sp³-hybridized carbons (Fsp3) is 0.636. The molecule has 1 aliphatic rings. The van der Waals surface area contributed by atoms with E-state index in [1.54, 1.807) is 0 Å². The van der Waals surface area contributed by atoms with Crippen molar-refractivity contribution in [2.45, 2.75) is 13.0 Å². The number of anilines is 1. The van der Waals surface area contributed by atoms with Crippen molar-refractivity contribution in [2.24, 2.45) is 0 Å². The zero-order chi connectivity index (χ0) is 11.4. The van der Waals surface area contributed by atoms with E-state index in [4.69, 9.17) is 0 Å². The van der Waals surface area contributed by atoms with Crippen LogP contribution in [-0.2, 0) is 0 Å². The van der Waals surface area contributed by atoms with Gasteiger partial charge in [-0.1, -0.05) is 0 Å². The Bertz CT molecular complexity index is 324. The maximum Gasteiger partial charge on any atom is 0.222 e. The lowest BCUT2D eigenvalue weighted by atomic mass is 10.2. The van der Waals surface area contributed by atoms with E-state index in [1.807, 2.05) is 19.3 Å². The second kappa shape index (κ2) is 5.23. The van der Waals surface area contributed by atoms with Gasteiger partial charge in [0.15, 0.2) is 0 Å². The molecular weight excluding hydrogens is 202 g/mol. The van der Waals surface area contributed by atoms with Crippen LogP contribution >= 0.6 is 0 Å². The molecule has 0 aromatic carbocycles. The molecule has 88 valence electrons. The summed E-state index contributed by atoms with van der Waals surface area (Å²) in [6.45, 7) is 6.10. The molecular formula is C11H19N5. The molecule has 2 N–H and O–H groups in total. The first-order valence-electron chi connectivity index (χ1n) is 5.68. The van der Waals surface area contributed by atoms with Crippen LogP contribution < -0.4 is 10.6 Å². The van der Waals surface area contributed by atoms with E-state index in [9.17, 15) is 0 Å². The Hall–Kier alpha value is -1.20. The second-order valence-electron chi connectivity index (χ2n) is 4.38. The number of aryl methyl sites for hydroxylation is 1. The van der Waals surface area contributed by atoms with Gasteiger partial charge in [0.1, 0.15) is 0 Å². The van der Waals surface area contributed by atoms with Crippen LogP contribution in [0, 0.1) is 6.92 Å². The molecule has 0 spiro atoms. The summed E-state index contributed by atoms with van der Waals surface area (Å²) in [5, 5.41) is 6.72. The van der Waals surface area contributed by atoms with Gasteiger partial charge in [-0.3, -0.25) is 0 Å². The Balaban J connectivity index is 1.80. The van der Waals surface area contributed by atoms with Crippen molar-refractivity contribution in [3.8, 4) is 0 Å². The zero-order valence-corrected chi connectivity index (χ0v) is 9.90. The molecule has 2 rings (SSSR count). The standard InChI is InChI=1S/C11H19N5/c1-9-5-13-11(14-6-9)15-7-10-8-16(2)4-3-12-10/h5-6,10,12H,3-4,7-8H2,1-2H3,(H,13,14,15). The highest BCUT2D eigenvalue weighted by Crippen LogP contribution is 2.00. The molecule has 5 heteroatoms. The molecule has 0 saturated carbocycles. The highest BCUT2D eigenvalue weighted by atomic mass is 15.2. The predicted octanol–water partition coefficient (Wildman–Crippen LogP) is 0.101. The van der Waals surface area contributed by atoms with Gasteiger partial charge in [-0.2, -0.15) is 0 Å². The van der Waals surface area contributed by atoms with Gasteiger partial charge in [0, 0.05) is 44.6 Å². The zero-order valence-electron chi connectivity index (χ0n) is 9.90. The first-order chi connectivity index (χ1) is 7.74. The maximum atomic E-state index is 4.22. The van der Waals surface area contributed by atoms with E-state index in [0.717, 1.165) is 31.7 Å². The number of hydrogen-bond donors (Lipinski definition) is 2. The molecule has 1 aromatic heterocycles. The van der Waals surface area contributed by atoms with Crippen molar-refractivity contribution in [1.29, 1.82) is 0 Å². The van der Waals surface area contributed by atoms with Crippen LogP contribution in [0.4, 0.5) is 5.95 Å². The minimum absolute atomic E-state index is 0.476. The smallest absolute Gasteiger partial charge is 0.222 e. The van der Waals surface area contributed by atoms with E-state index in [2.05, 4.69) is 32.5 Å². The summed E-state index contributed by atoms with van der Waals surface area (Å²) < 4.78 is 0. The summed E-state index contributed by atoms with van der Waals surface area (Å²) in [5.74, 6) is 0.709. The quantitative estimate of drug-likeness (QED) is 0.758. The summed E-state index contributed by atoms with van der Waals surface area (Å²) in [6, 6.07) is 0.476. The van der Waals surface area contributed by atoms with Crippen molar-refractivity contribution in [3.63, 3.8) is 0 Å². The van der Waals surface area contributed by atoms with Crippen LogP contribution in [0.25, 0.3) is 0 Å². The average molecular weight is 221 g/mol. The summed E-state index contributed by atoms with van der Waals surface area (Å²) in [6.07, 6.45) is 3.66. The summed E-state index contributed by atoms with van der Waals surface area (Å²) >= 11 is 0. The summed E-state index contributed by atoms with van der Waals surface area (Å²) in [5.41, 5.74) is 1.08. The van der Waals surface area contributed by atoms with Crippen LogP contribution in [0.5, 0.6) is 0 Å². The van der Waals surface area contributed by atoms with Crippen LogP contribution in [0.1, 0.15) is 5.56 Å². The Morgan fingerprint density at radius 1 is 1.50 bits per heavy atom. The highest BCUT2D eigenvalue weighted by molar-refractivity contribution is 5.24. The molecule has 1 aliphatic heterocycles. The third-order valence-electron chi connectivity index (χ3n) is 2.75. The Morgan fingerprint density at radius 2 is 2.25 bits per heavy atom. The number of likely N-dealkylation sites (N-methyl/N-ethyl adjacent to an activating group) is 1. The molecule has 1 unspecified atom stereocenters. The van der Waals surface area contributed by atoms with Crippen molar-refractivity contribution in [2.75, 3.05) is 38.5 Å². The molecule has 1 saturated heterocycles. The maximum absolute atomic E-state index is 4.22. The van der Waals surface area contributed by atoms with Gasteiger partial charge in [0.05, 0.1) is 0 Å². The molecule has 0 aliphatic carbocycles. The van der Waals surface area contributed by atoms with Gasteiger partial charge < -0.3 is 15.5 Å². The third-order valence-corrected chi connectivity index (χ3v) is 2.75. The average Bonchev–Trinajstić information content (AvgIpc) is 2.28. The van der Waals surface area contributed by atoms with Crippen LogP contribution in [-0.4, -0.2) is 54.1 Å². The molecule has 2 heterocycles. The summed E-state index contributed by atoms with van der Waals surface area (Å²) in [4.78, 5) is 10.8. The van der Waals surface area contributed by atoms with Crippen molar-refractivity contribution >= 4 is 5.95 Å². The van der Waals surface area contributed by atoms with E-state index >= 15 is 0 Å². The van der Waals surface area contributed by atoms with E-state index in [-0.39, 0.29) is 0 Å². The Morgan fingerprint density at radius 3 is 2.94 bits per heavy atom. The third kappa shape index (κ3) is 3.15. The highest BCUT2D eigenvalue weighted by Gasteiger charge is 2.15. The molecule has 5 nitrogen and oxygen atoms in total. The van der Waals surface area contributed by atoms with Gasteiger partial charge in [-0.25, -0.2) is 9.97 Å². The molecule has 1 fully saturated rings. The lowest BCUT2D eigenvalue weighted by Crippen LogP contribution is -2.51. The minimum atomic E-state index is 0.476. The van der Waals surface area contributed by atoms with Crippen molar-refractivity contribution in [1.82, 2.24) is 20.2 Å². The number of hydrogen-bond acceptors (Lipinski definition) is 5. The first-order valence-corrected chi connectivity index (χ1v) is 5.68. The topological polar surface area (TPSA) is 53.1 Å². The van der Waals surface area contributed by atoms with E-state index in [0.29, 0.717) is 12.0 Å². The number of piperazine rings is 1. The minimum Gasteiger partial charge on any atom is -0.353 e. The number of aromatic nitrogens is 2.